The van der Waals surface area contributed by atoms with Crippen LogP contribution in [0, 0.1) is 5.92 Å². The van der Waals surface area contributed by atoms with E-state index in [1.807, 2.05) is 13.8 Å². The molecule has 0 heterocycles. The zero-order valence-corrected chi connectivity index (χ0v) is 11.1. The van der Waals surface area contributed by atoms with E-state index >= 15 is 0 Å². The Labute approximate surface area is 110 Å². The van der Waals surface area contributed by atoms with Crippen LogP contribution >= 0.6 is 11.6 Å². The highest BCUT2D eigenvalue weighted by molar-refractivity contribution is 6.31. The van der Waals surface area contributed by atoms with E-state index < -0.39 is 17.8 Å². The smallest absolute Gasteiger partial charge is 0.324 e. The minimum absolute atomic E-state index is 0.00677. The quantitative estimate of drug-likeness (QED) is 0.842. The van der Waals surface area contributed by atoms with Crippen LogP contribution in [0.3, 0.4) is 0 Å². The highest BCUT2D eigenvalue weighted by Crippen LogP contribution is 2.38. The van der Waals surface area contributed by atoms with Crippen LogP contribution in [0.15, 0.2) is 18.2 Å². The normalized spacial score (nSPS) is 14.0. The summed E-state index contributed by atoms with van der Waals surface area (Å²) in [4.78, 5) is 0. The molecule has 0 aliphatic heterocycles. The Morgan fingerprint density at radius 3 is 2.33 bits per heavy atom. The molecule has 0 amide bonds. The van der Waals surface area contributed by atoms with Crippen LogP contribution in [-0.2, 0) is 6.18 Å². The Morgan fingerprint density at radius 1 is 1.22 bits per heavy atom. The molecule has 0 spiro atoms. The molecular weight excluding hydrogens is 263 g/mol. The van der Waals surface area contributed by atoms with Crippen LogP contribution in [-0.4, -0.2) is 0 Å². The van der Waals surface area contributed by atoms with Gasteiger partial charge in [0.15, 0.2) is 0 Å². The molecule has 1 aromatic carbocycles. The molecule has 2 N–H and O–H groups in total. The Kier molecular flexibility index (Phi) is 5.05. The molecule has 0 fully saturated rings. The average molecular weight is 280 g/mol. The second kappa shape index (κ2) is 5.93. The number of hydrogen-bond donors (Lipinski definition) is 1. The van der Waals surface area contributed by atoms with Gasteiger partial charge in [-0.2, -0.15) is 13.2 Å². The first-order valence-electron chi connectivity index (χ1n) is 5.84. The van der Waals surface area contributed by atoms with Crippen molar-refractivity contribution in [1.82, 2.24) is 0 Å². The lowest BCUT2D eigenvalue weighted by Gasteiger charge is -2.20. The average Bonchev–Trinajstić information content (AvgIpc) is 2.24. The van der Waals surface area contributed by atoms with Crippen molar-refractivity contribution in [3.63, 3.8) is 0 Å². The Morgan fingerprint density at radius 2 is 1.83 bits per heavy atom. The summed E-state index contributed by atoms with van der Waals surface area (Å²) in [7, 11) is 0. The second-order valence-corrected chi connectivity index (χ2v) is 5.18. The van der Waals surface area contributed by atoms with Gasteiger partial charge >= 0.3 is 6.18 Å². The van der Waals surface area contributed by atoms with Crippen LogP contribution in [0.5, 0.6) is 0 Å². The van der Waals surface area contributed by atoms with E-state index in [1.54, 1.807) is 0 Å². The summed E-state index contributed by atoms with van der Waals surface area (Å²) in [6.45, 7) is 4.01. The first kappa shape index (κ1) is 15.3. The maximum absolute atomic E-state index is 12.9. The van der Waals surface area contributed by atoms with E-state index in [1.165, 1.54) is 12.1 Å². The van der Waals surface area contributed by atoms with Gasteiger partial charge in [0.1, 0.15) is 0 Å². The number of rotatable bonds is 4. The zero-order chi connectivity index (χ0) is 13.9. The summed E-state index contributed by atoms with van der Waals surface area (Å²) in [6.07, 6.45) is -3.16. The van der Waals surface area contributed by atoms with Crippen molar-refractivity contribution in [2.24, 2.45) is 11.7 Å². The van der Waals surface area contributed by atoms with Gasteiger partial charge in [0, 0.05) is 11.1 Å². The van der Waals surface area contributed by atoms with E-state index in [9.17, 15) is 13.2 Å². The van der Waals surface area contributed by atoms with Gasteiger partial charge in [0.2, 0.25) is 0 Å². The third kappa shape index (κ3) is 3.89. The summed E-state index contributed by atoms with van der Waals surface area (Å²) in [6, 6.07) is 3.08. The monoisotopic (exact) mass is 279 g/mol. The van der Waals surface area contributed by atoms with Crippen molar-refractivity contribution in [2.45, 2.75) is 38.9 Å². The largest absolute Gasteiger partial charge is 0.416 e. The molecule has 0 aromatic heterocycles. The molecule has 1 atom stereocenters. The summed E-state index contributed by atoms with van der Waals surface area (Å²) in [5.74, 6) is 0.396. The third-order valence-corrected chi connectivity index (χ3v) is 3.11. The number of hydrogen-bond acceptors (Lipinski definition) is 1. The van der Waals surface area contributed by atoms with Gasteiger partial charge in [-0.3, -0.25) is 0 Å². The van der Waals surface area contributed by atoms with Crippen molar-refractivity contribution < 1.29 is 13.2 Å². The molecule has 102 valence electrons. The maximum atomic E-state index is 12.9. The Bertz CT molecular complexity index is 402. The molecule has 0 aliphatic carbocycles. The van der Waals surface area contributed by atoms with E-state index in [0.717, 1.165) is 12.5 Å². The van der Waals surface area contributed by atoms with Gasteiger partial charge in [-0.25, -0.2) is 0 Å². The molecule has 0 saturated carbocycles. The topological polar surface area (TPSA) is 26.0 Å². The van der Waals surface area contributed by atoms with E-state index in [2.05, 4.69) is 0 Å². The number of halogens is 4. The molecule has 1 aromatic rings. The second-order valence-electron chi connectivity index (χ2n) is 4.78. The van der Waals surface area contributed by atoms with Crippen molar-refractivity contribution in [1.29, 1.82) is 0 Å². The standard InChI is InChI=1S/C13H17ClF3N/c1-8(2)6-7-11(18)12-9(13(15,16)17)4-3-5-10(12)14/h3-5,8,11H,6-7,18H2,1-2H3/t11-/m1/s1. The molecule has 0 aliphatic rings. The minimum atomic E-state index is -4.42. The van der Waals surface area contributed by atoms with Crippen LogP contribution in [0.1, 0.15) is 43.9 Å². The Hall–Kier alpha value is -0.740. The lowest BCUT2D eigenvalue weighted by atomic mass is 9.94. The molecule has 0 bridgehead atoms. The van der Waals surface area contributed by atoms with Gasteiger partial charge in [-0.05, 0) is 36.5 Å². The molecular formula is C13H17ClF3N. The van der Waals surface area contributed by atoms with Crippen molar-refractivity contribution in [3.05, 3.63) is 34.3 Å². The van der Waals surface area contributed by atoms with E-state index in [0.29, 0.717) is 12.3 Å². The van der Waals surface area contributed by atoms with Crippen molar-refractivity contribution in [3.8, 4) is 0 Å². The Balaban J connectivity index is 3.06. The highest BCUT2D eigenvalue weighted by Gasteiger charge is 2.35. The lowest BCUT2D eigenvalue weighted by molar-refractivity contribution is -0.138. The summed E-state index contributed by atoms with van der Waals surface area (Å²) in [5.41, 5.74) is 5.13. The van der Waals surface area contributed by atoms with Crippen molar-refractivity contribution in [2.75, 3.05) is 0 Å². The van der Waals surface area contributed by atoms with Crippen molar-refractivity contribution >= 4 is 11.6 Å². The molecule has 0 saturated heterocycles. The first-order valence-corrected chi connectivity index (χ1v) is 6.22. The van der Waals surface area contributed by atoms with Gasteiger partial charge < -0.3 is 5.73 Å². The fraction of sp³-hybridized carbons (Fsp3) is 0.538. The van der Waals surface area contributed by atoms with Crippen LogP contribution in [0.25, 0.3) is 0 Å². The number of alkyl halides is 3. The molecule has 5 heteroatoms. The zero-order valence-electron chi connectivity index (χ0n) is 10.4. The fourth-order valence-corrected chi connectivity index (χ4v) is 2.13. The predicted molar refractivity (Wildman–Crippen MR) is 67.5 cm³/mol. The summed E-state index contributed by atoms with van der Waals surface area (Å²) < 4.78 is 38.6. The lowest BCUT2D eigenvalue weighted by Crippen LogP contribution is -2.18. The maximum Gasteiger partial charge on any atom is 0.416 e. The number of benzene rings is 1. The van der Waals surface area contributed by atoms with Gasteiger partial charge in [0.25, 0.3) is 0 Å². The molecule has 18 heavy (non-hydrogen) atoms. The van der Waals surface area contributed by atoms with E-state index in [-0.39, 0.29) is 10.6 Å². The summed E-state index contributed by atoms with van der Waals surface area (Å²) in [5, 5.41) is 0.0843. The molecule has 1 nitrogen and oxygen atoms in total. The summed E-state index contributed by atoms with van der Waals surface area (Å²) >= 11 is 5.87. The first-order chi connectivity index (χ1) is 8.23. The van der Waals surface area contributed by atoms with Crippen LogP contribution in [0.2, 0.25) is 5.02 Å². The van der Waals surface area contributed by atoms with Gasteiger partial charge in [0.05, 0.1) is 5.56 Å². The molecule has 0 radical (unpaired) electrons. The molecule has 1 rings (SSSR count). The van der Waals surface area contributed by atoms with Gasteiger partial charge in [-0.1, -0.05) is 31.5 Å². The minimum Gasteiger partial charge on any atom is -0.324 e. The fourth-order valence-electron chi connectivity index (χ4n) is 1.82. The van der Waals surface area contributed by atoms with Crippen LogP contribution < -0.4 is 5.73 Å². The van der Waals surface area contributed by atoms with Crippen LogP contribution in [0.4, 0.5) is 13.2 Å². The third-order valence-electron chi connectivity index (χ3n) is 2.78. The predicted octanol–water partition coefficient (Wildman–Crippen LogP) is 4.79. The van der Waals surface area contributed by atoms with E-state index in [4.69, 9.17) is 17.3 Å². The van der Waals surface area contributed by atoms with Gasteiger partial charge in [-0.15, -0.1) is 0 Å². The molecule has 0 unspecified atom stereocenters. The SMILES string of the molecule is CC(C)CC[C@@H](N)c1c(Cl)cccc1C(F)(F)F. The highest BCUT2D eigenvalue weighted by atomic mass is 35.5. The number of nitrogens with two attached hydrogens (primary N) is 1.